The van der Waals surface area contributed by atoms with E-state index in [0.29, 0.717) is 36.3 Å². The molecule has 0 bridgehead atoms. The van der Waals surface area contributed by atoms with Gasteiger partial charge in [-0.05, 0) is 41.8 Å². The van der Waals surface area contributed by atoms with Gasteiger partial charge in [0.25, 0.3) is 5.91 Å². The molecule has 7 heteroatoms. The number of carbonyl (C=O) groups is 2. The van der Waals surface area contributed by atoms with Crippen molar-refractivity contribution in [1.29, 1.82) is 0 Å². The molecule has 2 atom stereocenters. The molecule has 0 saturated carbocycles. The zero-order valence-electron chi connectivity index (χ0n) is 17.2. The lowest BCUT2D eigenvalue weighted by molar-refractivity contribution is -0.137. The number of ether oxygens (including phenoxy) is 1. The molecule has 1 amide bonds. The van der Waals surface area contributed by atoms with E-state index in [-0.39, 0.29) is 12.5 Å². The minimum atomic E-state index is -0.555. The van der Waals surface area contributed by atoms with Gasteiger partial charge in [0, 0.05) is 19.2 Å². The molecule has 0 spiro atoms. The number of esters is 1. The van der Waals surface area contributed by atoms with Crippen LogP contribution in [-0.4, -0.2) is 46.3 Å². The number of nitrogens with zero attached hydrogens (tertiary/aromatic N) is 3. The van der Waals surface area contributed by atoms with Gasteiger partial charge in [0.15, 0.2) is 12.3 Å². The Hall–Kier alpha value is -2.93. The van der Waals surface area contributed by atoms with Crippen LogP contribution in [0.15, 0.2) is 53.9 Å². The molecule has 1 aromatic carbocycles. The summed E-state index contributed by atoms with van der Waals surface area (Å²) in [4.78, 5) is 28.3. The lowest BCUT2D eigenvalue weighted by atomic mass is 9.92. The Morgan fingerprint density at radius 1 is 1.10 bits per heavy atom. The lowest BCUT2D eigenvalue weighted by Crippen LogP contribution is -2.44. The number of hydrogen-bond acceptors (Lipinski definition) is 5. The SMILES string of the molecule is C[C@H]1C[C@H](C)CN(C(=O)COC(=O)c2cc(-c3cccs3)nn2-c2ccccc2)C1. The van der Waals surface area contributed by atoms with Crippen LogP contribution in [0.3, 0.4) is 0 Å². The zero-order chi connectivity index (χ0) is 21.1. The number of carbonyl (C=O) groups excluding carboxylic acids is 2. The summed E-state index contributed by atoms with van der Waals surface area (Å²) in [5.74, 6) is 0.217. The smallest absolute Gasteiger partial charge is 0.357 e. The van der Waals surface area contributed by atoms with Crippen molar-refractivity contribution >= 4 is 23.2 Å². The fourth-order valence-electron chi connectivity index (χ4n) is 4.00. The average Bonchev–Trinajstić information content (AvgIpc) is 3.41. The summed E-state index contributed by atoms with van der Waals surface area (Å²) >= 11 is 1.55. The van der Waals surface area contributed by atoms with E-state index in [1.54, 1.807) is 27.0 Å². The Morgan fingerprint density at radius 2 is 1.83 bits per heavy atom. The Bertz CT molecular complexity index is 1000. The van der Waals surface area contributed by atoms with Gasteiger partial charge in [0.1, 0.15) is 5.69 Å². The van der Waals surface area contributed by atoms with Gasteiger partial charge < -0.3 is 9.64 Å². The fourth-order valence-corrected chi connectivity index (χ4v) is 4.68. The number of benzene rings is 1. The Morgan fingerprint density at radius 3 is 2.50 bits per heavy atom. The predicted molar refractivity (Wildman–Crippen MR) is 117 cm³/mol. The highest BCUT2D eigenvalue weighted by Gasteiger charge is 2.27. The summed E-state index contributed by atoms with van der Waals surface area (Å²) < 4.78 is 7.00. The number of piperidine rings is 1. The molecule has 0 unspecified atom stereocenters. The van der Waals surface area contributed by atoms with E-state index in [1.807, 2.05) is 47.8 Å². The first kappa shape index (κ1) is 20.3. The molecule has 3 aromatic rings. The molecule has 0 N–H and O–H groups in total. The average molecular weight is 424 g/mol. The molecule has 0 radical (unpaired) electrons. The molecule has 0 aliphatic carbocycles. The quantitative estimate of drug-likeness (QED) is 0.575. The second-order valence-corrected chi connectivity index (χ2v) is 8.91. The number of likely N-dealkylation sites (tertiary alicyclic amines) is 1. The predicted octanol–water partition coefficient (Wildman–Crippen LogP) is 4.26. The summed E-state index contributed by atoms with van der Waals surface area (Å²) in [6.07, 6.45) is 1.12. The van der Waals surface area contributed by atoms with Crippen LogP contribution < -0.4 is 0 Å². The van der Waals surface area contributed by atoms with E-state index in [9.17, 15) is 9.59 Å². The van der Waals surface area contributed by atoms with Crippen LogP contribution >= 0.6 is 11.3 Å². The van der Waals surface area contributed by atoms with E-state index in [1.165, 1.54) is 0 Å². The minimum Gasteiger partial charge on any atom is -0.451 e. The number of thiophene rings is 1. The summed E-state index contributed by atoms with van der Waals surface area (Å²) in [5.41, 5.74) is 1.76. The molecular formula is C23H25N3O3S. The summed E-state index contributed by atoms with van der Waals surface area (Å²) in [6.45, 7) is 5.46. The summed E-state index contributed by atoms with van der Waals surface area (Å²) in [6, 6.07) is 15.1. The highest BCUT2D eigenvalue weighted by molar-refractivity contribution is 7.13. The maximum Gasteiger partial charge on any atom is 0.357 e. The number of aromatic nitrogens is 2. The topological polar surface area (TPSA) is 64.4 Å². The van der Waals surface area contributed by atoms with Gasteiger partial charge in [-0.1, -0.05) is 38.1 Å². The maximum absolute atomic E-state index is 12.9. The Balaban J connectivity index is 1.52. The van der Waals surface area contributed by atoms with Crippen LogP contribution in [0, 0.1) is 11.8 Å². The fraction of sp³-hybridized carbons (Fsp3) is 0.348. The van der Waals surface area contributed by atoms with Gasteiger partial charge in [-0.15, -0.1) is 11.3 Å². The summed E-state index contributed by atoms with van der Waals surface area (Å²) in [7, 11) is 0. The zero-order valence-corrected chi connectivity index (χ0v) is 18.0. The molecule has 30 heavy (non-hydrogen) atoms. The van der Waals surface area contributed by atoms with Crippen molar-refractivity contribution in [2.75, 3.05) is 19.7 Å². The van der Waals surface area contributed by atoms with Gasteiger partial charge in [-0.25, -0.2) is 9.48 Å². The standard InChI is InChI=1S/C23H25N3O3S/c1-16-11-17(2)14-25(13-16)22(27)15-29-23(28)20-12-19(21-9-6-10-30-21)24-26(20)18-7-4-3-5-8-18/h3-10,12,16-17H,11,13-15H2,1-2H3/t16-,17-/m0/s1. The molecule has 1 aliphatic heterocycles. The van der Waals surface area contributed by atoms with Gasteiger partial charge in [-0.2, -0.15) is 5.10 Å². The normalized spacial score (nSPS) is 18.9. The van der Waals surface area contributed by atoms with Crippen LogP contribution in [-0.2, 0) is 9.53 Å². The monoisotopic (exact) mass is 423 g/mol. The number of rotatable bonds is 5. The molecule has 4 rings (SSSR count). The lowest BCUT2D eigenvalue weighted by Gasteiger charge is -2.34. The number of amides is 1. The van der Waals surface area contributed by atoms with Gasteiger partial charge in [-0.3, -0.25) is 4.79 Å². The molecular weight excluding hydrogens is 398 g/mol. The highest BCUT2D eigenvalue weighted by atomic mass is 32.1. The first-order valence-electron chi connectivity index (χ1n) is 10.2. The third kappa shape index (κ3) is 4.46. The number of hydrogen-bond donors (Lipinski definition) is 0. The molecule has 3 heterocycles. The third-order valence-electron chi connectivity index (χ3n) is 5.24. The first-order chi connectivity index (χ1) is 14.5. The van der Waals surface area contributed by atoms with E-state index in [4.69, 9.17) is 4.74 Å². The van der Waals surface area contributed by atoms with Crippen LogP contribution in [0.1, 0.15) is 30.8 Å². The number of para-hydroxylation sites is 1. The molecule has 1 aliphatic rings. The van der Waals surface area contributed by atoms with Crippen LogP contribution in [0.5, 0.6) is 0 Å². The Kier molecular flexibility index (Phi) is 5.99. The van der Waals surface area contributed by atoms with Crippen molar-refractivity contribution in [1.82, 2.24) is 14.7 Å². The van der Waals surface area contributed by atoms with Crippen molar-refractivity contribution in [3.63, 3.8) is 0 Å². The van der Waals surface area contributed by atoms with Crippen molar-refractivity contribution in [2.45, 2.75) is 20.3 Å². The molecule has 2 aromatic heterocycles. The highest BCUT2D eigenvalue weighted by Crippen LogP contribution is 2.26. The van der Waals surface area contributed by atoms with E-state index >= 15 is 0 Å². The van der Waals surface area contributed by atoms with Crippen molar-refractivity contribution in [3.05, 3.63) is 59.6 Å². The summed E-state index contributed by atoms with van der Waals surface area (Å²) in [5, 5.41) is 6.58. The second-order valence-electron chi connectivity index (χ2n) is 7.96. The molecule has 1 saturated heterocycles. The Labute approximate surface area is 180 Å². The third-order valence-corrected chi connectivity index (χ3v) is 6.13. The van der Waals surface area contributed by atoms with Gasteiger partial charge in [0.2, 0.25) is 0 Å². The largest absolute Gasteiger partial charge is 0.451 e. The van der Waals surface area contributed by atoms with Crippen LogP contribution in [0.4, 0.5) is 0 Å². The van der Waals surface area contributed by atoms with E-state index < -0.39 is 5.97 Å². The maximum atomic E-state index is 12.9. The first-order valence-corrected chi connectivity index (χ1v) is 11.0. The van der Waals surface area contributed by atoms with Crippen LogP contribution in [0.2, 0.25) is 0 Å². The second kappa shape index (κ2) is 8.83. The molecule has 1 fully saturated rings. The van der Waals surface area contributed by atoms with E-state index in [2.05, 4.69) is 18.9 Å². The van der Waals surface area contributed by atoms with Gasteiger partial charge >= 0.3 is 5.97 Å². The van der Waals surface area contributed by atoms with Gasteiger partial charge in [0.05, 0.1) is 10.6 Å². The van der Waals surface area contributed by atoms with E-state index in [0.717, 1.165) is 17.0 Å². The van der Waals surface area contributed by atoms with Crippen molar-refractivity contribution in [2.24, 2.45) is 11.8 Å². The van der Waals surface area contributed by atoms with Crippen molar-refractivity contribution in [3.8, 4) is 16.3 Å². The molecule has 156 valence electrons. The van der Waals surface area contributed by atoms with Crippen molar-refractivity contribution < 1.29 is 14.3 Å². The molecule has 6 nitrogen and oxygen atoms in total. The minimum absolute atomic E-state index is 0.147. The van der Waals surface area contributed by atoms with Crippen LogP contribution in [0.25, 0.3) is 16.3 Å².